The average Bonchev–Trinajstić information content (AvgIpc) is 3.15. The maximum atomic E-state index is 10.6. The molecular weight excluding hydrogens is 411 g/mol. The summed E-state index contributed by atoms with van der Waals surface area (Å²) < 4.78 is 37.7. The molecule has 0 atom stereocenters. The van der Waals surface area contributed by atoms with Crippen molar-refractivity contribution < 1.29 is 27.8 Å². The highest BCUT2D eigenvalue weighted by Gasteiger charge is 2.38. The number of alkyl halides is 3. The van der Waals surface area contributed by atoms with E-state index >= 15 is 0 Å². The zero-order valence-electron chi connectivity index (χ0n) is 18.4. The summed E-state index contributed by atoms with van der Waals surface area (Å²) in [5.74, 6) is -0.791. The molecule has 3 rings (SSSR count). The van der Waals surface area contributed by atoms with Crippen molar-refractivity contribution in [3.8, 4) is 16.9 Å². The second kappa shape index (κ2) is 9.53. The number of carboxylic acids is 1. The minimum Gasteiger partial charge on any atom is -0.488 e. The number of carbonyl (C=O) groups is 1. The van der Waals surface area contributed by atoms with Crippen molar-refractivity contribution in [1.29, 1.82) is 0 Å². The van der Waals surface area contributed by atoms with Crippen LogP contribution >= 0.6 is 0 Å². The summed E-state index contributed by atoms with van der Waals surface area (Å²) in [5, 5.41) is 7.12. The van der Waals surface area contributed by atoms with Crippen LogP contribution in [0.5, 0.6) is 5.75 Å². The topological polar surface area (TPSA) is 75.6 Å². The summed E-state index contributed by atoms with van der Waals surface area (Å²) in [6.07, 6.45) is -0.932. The second-order valence-corrected chi connectivity index (χ2v) is 8.35. The van der Waals surface area contributed by atoms with Gasteiger partial charge in [-0.05, 0) is 70.7 Å². The van der Waals surface area contributed by atoms with E-state index in [1.54, 1.807) is 6.33 Å². The summed E-state index contributed by atoms with van der Waals surface area (Å²) in [6, 6.07) is 6.30. The number of aryl methyl sites for hydroxylation is 2. The van der Waals surface area contributed by atoms with Gasteiger partial charge in [0.05, 0.1) is 5.69 Å². The largest absolute Gasteiger partial charge is 0.490 e. The van der Waals surface area contributed by atoms with Crippen LogP contribution in [0.3, 0.4) is 0 Å². The Labute approximate surface area is 180 Å². The minimum absolute atomic E-state index is 0.194. The Morgan fingerprint density at radius 1 is 1.10 bits per heavy atom. The van der Waals surface area contributed by atoms with Crippen LogP contribution in [-0.4, -0.2) is 45.9 Å². The maximum absolute atomic E-state index is 10.6. The SMILES string of the molecule is Cc1cc(OC(C)(C)C)ccc1-c1c(C)ncnc1N1CCCC1.O=C(O)C(F)(F)F. The van der Waals surface area contributed by atoms with E-state index in [1.165, 1.54) is 24.0 Å². The van der Waals surface area contributed by atoms with Gasteiger partial charge in [-0.15, -0.1) is 0 Å². The van der Waals surface area contributed by atoms with Gasteiger partial charge in [-0.2, -0.15) is 13.2 Å². The predicted octanol–water partition coefficient (Wildman–Crippen LogP) is 5.17. The normalized spacial score (nSPS) is 14.1. The molecule has 170 valence electrons. The number of halogens is 3. The van der Waals surface area contributed by atoms with Gasteiger partial charge in [0.15, 0.2) is 0 Å². The summed E-state index contributed by atoms with van der Waals surface area (Å²) in [6.45, 7) is 12.5. The summed E-state index contributed by atoms with van der Waals surface area (Å²) in [4.78, 5) is 20.3. The Morgan fingerprint density at radius 3 is 2.16 bits per heavy atom. The zero-order chi connectivity index (χ0) is 23.4. The van der Waals surface area contributed by atoms with Crippen LogP contribution in [0.2, 0.25) is 0 Å². The first kappa shape index (κ1) is 24.4. The van der Waals surface area contributed by atoms with Crippen LogP contribution in [0.1, 0.15) is 44.9 Å². The van der Waals surface area contributed by atoms with Crippen LogP contribution < -0.4 is 9.64 Å². The van der Waals surface area contributed by atoms with Crippen molar-refractivity contribution in [2.24, 2.45) is 0 Å². The fraction of sp³-hybridized carbons (Fsp3) is 0.500. The highest BCUT2D eigenvalue weighted by Crippen LogP contribution is 2.36. The van der Waals surface area contributed by atoms with Crippen molar-refractivity contribution in [3.05, 3.63) is 35.8 Å². The second-order valence-electron chi connectivity index (χ2n) is 8.35. The van der Waals surface area contributed by atoms with E-state index in [2.05, 4.69) is 61.6 Å². The van der Waals surface area contributed by atoms with Crippen LogP contribution in [0.25, 0.3) is 11.1 Å². The lowest BCUT2D eigenvalue weighted by Gasteiger charge is -2.24. The Morgan fingerprint density at radius 2 is 1.68 bits per heavy atom. The van der Waals surface area contributed by atoms with E-state index in [0.717, 1.165) is 35.9 Å². The minimum atomic E-state index is -5.08. The molecule has 0 radical (unpaired) electrons. The smallest absolute Gasteiger partial charge is 0.488 e. The molecule has 6 nitrogen and oxygen atoms in total. The monoisotopic (exact) mass is 439 g/mol. The highest BCUT2D eigenvalue weighted by atomic mass is 19.4. The van der Waals surface area contributed by atoms with Crippen molar-refractivity contribution in [2.75, 3.05) is 18.0 Å². The van der Waals surface area contributed by atoms with Gasteiger partial charge < -0.3 is 14.7 Å². The van der Waals surface area contributed by atoms with Crippen LogP contribution in [-0.2, 0) is 4.79 Å². The van der Waals surface area contributed by atoms with Crippen LogP contribution in [0, 0.1) is 13.8 Å². The van der Waals surface area contributed by atoms with Crippen molar-refractivity contribution >= 4 is 11.8 Å². The van der Waals surface area contributed by atoms with Crippen molar-refractivity contribution in [3.63, 3.8) is 0 Å². The van der Waals surface area contributed by atoms with Gasteiger partial charge in [0.25, 0.3) is 0 Å². The number of nitrogens with zero attached hydrogens (tertiary/aromatic N) is 3. The Bertz CT molecular complexity index is 918. The Kier molecular flexibility index (Phi) is 7.51. The average molecular weight is 439 g/mol. The molecular formula is C22H28F3N3O3. The lowest BCUT2D eigenvalue weighted by molar-refractivity contribution is -0.192. The number of aromatic nitrogens is 2. The first-order chi connectivity index (χ1) is 14.3. The molecule has 1 aromatic heterocycles. The van der Waals surface area contributed by atoms with Gasteiger partial charge in [-0.3, -0.25) is 0 Å². The molecule has 0 aliphatic carbocycles. The molecule has 1 saturated heterocycles. The van der Waals surface area contributed by atoms with Gasteiger partial charge in [0, 0.05) is 18.7 Å². The number of ether oxygens (including phenoxy) is 1. The number of aliphatic carboxylic acids is 1. The number of anilines is 1. The third kappa shape index (κ3) is 6.83. The summed E-state index contributed by atoms with van der Waals surface area (Å²) >= 11 is 0. The van der Waals surface area contributed by atoms with Crippen LogP contribution in [0.4, 0.5) is 19.0 Å². The quantitative estimate of drug-likeness (QED) is 0.711. The molecule has 9 heteroatoms. The van der Waals surface area contributed by atoms with Gasteiger partial charge in [-0.25, -0.2) is 14.8 Å². The standard InChI is InChI=1S/C20H27N3O.C2HF3O2/c1-14-12-16(24-20(3,4)5)8-9-17(14)18-15(2)21-13-22-19(18)23-10-6-7-11-23;3-2(4,5)1(6)7/h8-9,12-13H,6-7,10-11H2,1-5H3;(H,6,7). The van der Waals surface area contributed by atoms with E-state index < -0.39 is 12.1 Å². The van der Waals surface area contributed by atoms with E-state index in [9.17, 15) is 13.2 Å². The molecule has 1 aliphatic rings. The van der Waals surface area contributed by atoms with Crippen LogP contribution in [0.15, 0.2) is 24.5 Å². The molecule has 1 N–H and O–H groups in total. The lowest BCUT2D eigenvalue weighted by atomic mass is 9.99. The molecule has 0 spiro atoms. The number of hydrogen-bond acceptors (Lipinski definition) is 5. The molecule has 0 bridgehead atoms. The van der Waals surface area contributed by atoms with Gasteiger partial charge >= 0.3 is 12.1 Å². The lowest BCUT2D eigenvalue weighted by Crippen LogP contribution is -2.23. The van der Waals surface area contributed by atoms with Crippen molar-refractivity contribution in [1.82, 2.24) is 9.97 Å². The van der Waals surface area contributed by atoms with Gasteiger partial charge in [0.1, 0.15) is 23.5 Å². The zero-order valence-corrected chi connectivity index (χ0v) is 18.4. The number of hydrogen-bond donors (Lipinski definition) is 1. The molecule has 1 aromatic carbocycles. The third-order valence-electron chi connectivity index (χ3n) is 4.56. The molecule has 1 fully saturated rings. The molecule has 0 amide bonds. The molecule has 2 heterocycles. The summed E-state index contributed by atoms with van der Waals surface area (Å²) in [5.41, 5.74) is 4.37. The fourth-order valence-electron chi connectivity index (χ4n) is 3.28. The molecule has 0 unspecified atom stereocenters. The molecule has 2 aromatic rings. The number of rotatable bonds is 3. The first-order valence-electron chi connectivity index (χ1n) is 9.96. The third-order valence-corrected chi connectivity index (χ3v) is 4.56. The Hall–Kier alpha value is -2.84. The predicted molar refractivity (Wildman–Crippen MR) is 112 cm³/mol. The first-order valence-corrected chi connectivity index (χ1v) is 9.96. The highest BCUT2D eigenvalue weighted by molar-refractivity contribution is 5.80. The van der Waals surface area contributed by atoms with E-state index in [1.807, 2.05) is 6.07 Å². The summed E-state index contributed by atoms with van der Waals surface area (Å²) in [7, 11) is 0. The van der Waals surface area contributed by atoms with Gasteiger partial charge in [-0.1, -0.05) is 6.07 Å². The molecule has 31 heavy (non-hydrogen) atoms. The number of benzene rings is 1. The molecule has 0 saturated carbocycles. The molecule has 1 aliphatic heterocycles. The fourth-order valence-corrected chi connectivity index (χ4v) is 3.28. The van der Waals surface area contributed by atoms with Gasteiger partial charge in [0.2, 0.25) is 0 Å². The maximum Gasteiger partial charge on any atom is 0.490 e. The van der Waals surface area contributed by atoms with E-state index in [4.69, 9.17) is 14.6 Å². The number of carboxylic acid groups (broad SMARTS) is 1. The van der Waals surface area contributed by atoms with E-state index in [0.29, 0.717) is 0 Å². The van der Waals surface area contributed by atoms with Crippen molar-refractivity contribution in [2.45, 2.75) is 59.2 Å². The van der Waals surface area contributed by atoms with E-state index in [-0.39, 0.29) is 5.60 Å². The Balaban J connectivity index is 0.000000423.